The predicted octanol–water partition coefficient (Wildman–Crippen LogP) is 3.27. The Hall–Kier alpha value is -3.56. The van der Waals surface area contributed by atoms with Crippen LogP contribution in [0.3, 0.4) is 0 Å². The van der Waals surface area contributed by atoms with Crippen LogP contribution in [0.1, 0.15) is 26.2 Å². The second-order valence-corrected chi connectivity index (χ2v) is 8.23. The van der Waals surface area contributed by atoms with E-state index >= 15 is 0 Å². The van der Waals surface area contributed by atoms with Gasteiger partial charge in [-0.1, -0.05) is 50.1 Å². The summed E-state index contributed by atoms with van der Waals surface area (Å²) in [5.74, 6) is -1.43. The minimum Gasteiger partial charge on any atom is -0.391 e. The van der Waals surface area contributed by atoms with Gasteiger partial charge in [0.05, 0.1) is 28.7 Å². The molecule has 0 saturated carbocycles. The van der Waals surface area contributed by atoms with Gasteiger partial charge in [0.1, 0.15) is 6.04 Å². The van der Waals surface area contributed by atoms with Crippen LogP contribution in [0.25, 0.3) is 0 Å². The zero-order valence-electron chi connectivity index (χ0n) is 18.2. The minimum atomic E-state index is -0.862. The van der Waals surface area contributed by atoms with Gasteiger partial charge in [0.2, 0.25) is 5.91 Å². The van der Waals surface area contributed by atoms with E-state index in [2.05, 4.69) is 5.43 Å². The highest BCUT2D eigenvalue weighted by Gasteiger charge is 2.53. The molecule has 4 atom stereocenters. The lowest BCUT2D eigenvalue weighted by atomic mass is 9.91. The number of nitro benzene ring substituents is 1. The maximum absolute atomic E-state index is 13.5. The highest BCUT2D eigenvalue weighted by molar-refractivity contribution is 6.24. The number of nitro groups is 1. The number of carbonyl (C=O) groups excluding carboxylic acids is 2. The second-order valence-electron chi connectivity index (χ2n) is 8.23. The lowest BCUT2D eigenvalue weighted by molar-refractivity contribution is -0.384. The number of nitrogens with zero attached hydrogens (tertiary/aromatic N) is 3. The molecule has 2 amide bonds. The molecule has 2 aromatic rings. The molecule has 2 aliphatic rings. The van der Waals surface area contributed by atoms with Crippen molar-refractivity contribution >= 4 is 28.9 Å². The van der Waals surface area contributed by atoms with Crippen molar-refractivity contribution in [1.82, 2.24) is 5.01 Å². The number of para-hydroxylation sites is 1. The molecule has 9 heteroatoms. The van der Waals surface area contributed by atoms with E-state index < -0.39 is 29.0 Å². The molecule has 0 aliphatic carbocycles. The number of amides is 2. The normalized spacial score (nSPS) is 23.5. The number of nitrogens with one attached hydrogen (secondary N) is 1. The van der Waals surface area contributed by atoms with Crippen molar-refractivity contribution in [2.24, 2.45) is 5.92 Å². The second kappa shape index (κ2) is 9.51. The molecular formula is C24H26N4O5. The monoisotopic (exact) mass is 450 g/mol. The molecule has 9 nitrogen and oxygen atoms in total. The number of imide groups is 1. The topological polar surface area (TPSA) is 116 Å². The molecule has 0 radical (unpaired) electrons. The summed E-state index contributed by atoms with van der Waals surface area (Å²) in [6, 6.07) is 13.1. The minimum absolute atomic E-state index is 0.0566. The molecule has 172 valence electrons. The van der Waals surface area contributed by atoms with Gasteiger partial charge in [-0.2, -0.15) is 0 Å². The number of unbranched alkanes of at least 4 members (excludes halogenated alkanes) is 1. The van der Waals surface area contributed by atoms with Crippen molar-refractivity contribution in [3.63, 3.8) is 0 Å². The maximum Gasteiger partial charge on any atom is 0.269 e. The number of aliphatic hydroxyl groups excluding tert-OH is 1. The number of hydrazine groups is 1. The summed E-state index contributed by atoms with van der Waals surface area (Å²) in [7, 11) is 0. The third-order valence-corrected chi connectivity index (χ3v) is 6.05. The van der Waals surface area contributed by atoms with Gasteiger partial charge < -0.3 is 10.5 Å². The lowest BCUT2D eigenvalue weighted by Crippen LogP contribution is -2.57. The Labute approximate surface area is 191 Å². The molecule has 0 aromatic heterocycles. The van der Waals surface area contributed by atoms with Crippen LogP contribution in [0.15, 0.2) is 66.7 Å². The maximum atomic E-state index is 13.5. The molecule has 2 heterocycles. The molecule has 2 aliphatic heterocycles. The van der Waals surface area contributed by atoms with Crippen molar-refractivity contribution in [3.8, 4) is 0 Å². The van der Waals surface area contributed by atoms with Crippen LogP contribution in [0, 0.1) is 16.0 Å². The molecule has 4 rings (SSSR count). The molecule has 2 N–H and O–H groups in total. The van der Waals surface area contributed by atoms with Gasteiger partial charge in [-0.05, 0) is 30.7 Å². The largest absolute Gasteiger partial charge is 0.391 e. The van der Waals surface area contributed by atoms with Crippen LogP contribution in [-0.4, -0.2) is 45.0 Å². The molecule has 1 saturated heterocycles. The smallest absolute Gasteiger partial charge is 0.269 e. The van der Waals surface area contributed by atoms with Gasteiger partial charge in [-0.15, -0.1) is 0 Å². The average Bonchev–Trinajstić information content (AvgIpc) is 3.08. The first-order chi connectivity index (χ1) is 15.9. The molecular weight excluding hydrogens is 424 g/mol. The number of hydrogen-bond acceptors (Lipinski definition) is 7. The predicted molar refractivity (Wildman–Crippen MR) is 123 cm³/mol. The van der Waals surface area contributed by atoms with E-state index in [0.717, 1.165) is 12.8 Å². The van der Waals surface area contributed by atoms with E-state index in [0.29, 0.717) is 17.8 Å². The number of anilines is 2. The van der Waals surface area contributed by atoms with E-state index in [4.69, 9.17) is 0 Å². The zero-order valence-corrected chi connectivity index (χ0v) is 18.2. The van der Waals surface area contributed by atoms with Gasteiger partial charge in [0.25, 0.3) is 11.6 Å². The summed E-state index contributed by atoms with van der Waals surface area (Å²) >= 11 is 0. The Balaban J connectivity index is 1.68. The van der Waals surface area contributed by atoms with Crippen LogP contribution in [0.5, 0.6) is 0 Å². The SMILES string of the molecule is CCCCC(O)C1C=CC2C(=O)N(c3ccccc3)C(=O)C2N1Nc1ccc([N+](=O)[O-])cc1. The summed E-state index contributed by atoms with van der Waals surface area (Å²) in [4.78, 5) is 38.4. The summed E-state index contributed by atoms with van der Waals surface area (Å²) in [5, 5.41) is 23.5. The van der Waals surface area contributed by atoms with E-state index in [1.807, 2.05) is 13.0 Å². The molecule has 0 bridgehead atoms. The van der Waals surface area contributed by atoms with Crippen molar-refractivity contribution < 1.29 is 19.6 Å². The summed E-state index contributed by atoms with van der Waals surface area (Å²) in [6.07, 6.45) is 4.97. The Kier molecular flexibility index (Phi) is 6.52. The molecule has 2 aromatic carbocycles. The fourth-order valence-electron chi connectivity index (χ4n) is 4.35. The van der Waals surface area contributed by atoms with E-state index in [9.17, 15) is 24.8 Å². The van der Waals surface area contributed by atoms with Crippen molar-refractivity contribution in [1.29, 1.82) is 0 Å². The first-order valence-electron chi connectivity index (χ1n) is 11.0. The van der Waals surface area contributed by atoms with Crippen LogP contribution < -0.4 is 10.3 Å². The standard InChI is InChI=1S/C24H26N4O5/c1-2-3-9-21(29)20-15-14-19-22(24(31)26(23(19)30)17-7-5-4-6-8-17)27(20)25-16-10-12-18(13-11-16)28(32)33/h4-8,10-15,19-22,25,29H,2-3,9H2,1H3. The highest BCUT2D eigenvalue weighted by atomic mass is 16.6. The van der Waals surface area contributed by atoms with Gasteiger partial charge in [0.15, 0.2) is 0 Å². The van der Waals surface area contributed by atoms with Gasteiger partial charge in [-0.3, -0.25) is 19.7 Å². The fraction of sp³-hybridized carbons (Fsp3) is 0.333. The number of hydrogen-bond donors (Lipinski definition) is 2. The lowest BCUT2D eigenvalue weighted by Gasteiger charge is -2.40. The van der Waals surface area contributed by atoms with Crippen LogP contribution in [0.4, 0.5) is 17.1 Å². The number of aliphatic hydroxyl groups is 1. The molecule has 4 unspecified atom stereocenters. The number of rotatable bonds is 8. The Bertz CT molecular complexity index is 1060. The first-order valence-corrected chi connectivity index (χ1v) is 11.0. The quantitative estimate of drug-likeness (QED) is 0.274. The molecule has 1 fully saturated rings. The molecule has 0 spiro atoms. The van der Waals surface area contributed by atoms with E-state index in [-0.39, 0.29) is 17.5 Å². The van der Waals surface area contributed by atoms with E-state index in [1.54, 1.807) is 41.4 Å². The summed E-state index contributed by atoms with van der Waals surface area (Å²) in [6.45, 7) is 2.03. The average molecular weight is 450 g/mol. The zero-order chi connectivity index (χ0) is 23.5. The fourth-order valence-corrected chi connectivity index (χ4v) is 4.35. The number of non-ortho nitro benzene ring substituents is 1. The van der Waals surface area contributed by atoms with Gasteiger partial charge in [-0.25, -0.2) is 9.91 Å². The Morgan fingerprint density at radius 2 is 1.76 bits per heavy atom. The number of carbonyl (C=O) groups is 2. The first kappa shape index (κ1) is 22.6. The Morgan fingerprint density at radius 3 is 2.39 bits per heavy atom. The van der Waals surface area contributed by atoms with Crippen molar-refractivity contribution in [2.45, 2.75) is 44.4 Å². The van der Waals surface area contributed by atoms with Crippen molar-refractivity contribution in [3.05, 3.63) is 76.9 Å². The highest BCUT2D eigenvalue weighted by Crippen LogP contribution is 2.36. The van der Waals surface area contributed by atoms with Gasteiger partial charge >= 0.3 is 0 Å². The summed E-state index contributed by atoms with van der Waals surface area (Å²) < 4.78 is 0. The van der Waals surface area contributed by atoms with E-state index in [1.165, 1.54) is 29.2 Å². The third kappa shape index (κ3) is 4.37. The van der Waals surface area contributed by atoms with Crippen molar-refractivity contribution in [2.75, 3.05) is 10.3 Å². The number of fused-ring (bicyclic) bond motifs is 1. The molecule has 33 heavy (non-hydrogen) atoms. The van der Waals surface area contributed by atoms with Crippen LogP contribution in [0.2, 0.25) is 0 Å². The third-order valence-electron chi connectivity index (χ3n) is 6.05. The number of benzene rings is 2. The van der Waals surface area contributed by atoms with Gasteiger partial charge in [0, 0.05) is 17.8 Å². The van der Waals surface area contributed by atoms with Crippen LogP contribution >= 0.6 is 0 Å². The van der Waals surface area contributed by atoms with Crippen LogP contribution in [-0.2, 0) is 9.59 Å². The Morgan fingerprint density at radius 1 is 1.06 bits per heavy atom. The summed E-state index contributed by atoms with van der Waals surface area (Å²) in [5.41, 5.74) is 4.10.